The molecule has 3 aromatic rings. The molecule has 0 aliphatic carbocycles. The van der Waals surface area contributed by atoms with Crippen LogP contribution in [0.4, 0.5) is 16.2 Å². The van der Waals surface area contributed by atoms with Crippen LogP contribution >= 0.6 is 35.0 Å². The average molecular weight is 588 g/mol. The maximum atomic E-state index is 12.9. The molecular weight excluding hydrogens is 569 g/mol. The van der Waals surface area contributed by atoms with Crippen molar-refractivity contribution in [2.45, 2.75) is 6.54 Å². The Hall–Kier alpha value is -4.06. The standard InChI is InChI=1S/C26H19Cl2N3O7S/c1-37-22-9-15(5-8-21(22)38-14-24(32)29-18-3-2-4-19(12-18)31(35)36)10-23-25(33)30(26(34)39-23)13-16-6-7-17(27)11-20(16)28/h2-12H,13-14H2,1H3,(H,29,32)/b23-10-. The van der Waals surface area contributed by atoms with Gasteiger partial charge in [0.1, 0.15) is 0 Å². The van der Waals surface area contributed by atoms with Crippen LogP contribution in [-0.4, -0.2) is 40.6 Å². The van der Waals surface area contributed by atoms with E-state index in [-0.39, 0.29) is 35.2 Å². The third-order valence-corrected chi connectivity index (χ3v) is 6.90. The summed E-state index contributed by atoms with van der Waals surface area (Å²) in [6.45, 7) is -0.378. The van der Waals surface area contributed by atoms with Crippen LogP contribution in [0.25, 0.3) is 6.08 Å². The molecule has 1 N–H and O–H groups in total. The summed E-state index contributed by atoms with van der Waals surface area (Å²) in [4.78, 5) is 49.4. The lowest BCUT2D eigenvalue weighted by atomic mass is 10.1. The zero-order valence-corrected chi connectivity index (χ0v) is 22.5. The van der Waals surface area contributed by atoms with Gasteiger partial charge in [0.05, 0.1) is 23.5 Å². The monoisotopic (exact) mass is 587 g/mol. The van der Waals surface area contributed by atoms with Crippen LogP contribution in [0, 0.1) is 10.1 Å². The lowest BCUT2D eigenvalue weighted by Gasteiger charge is -2.13. The SMILES string of the molecule is COc1cc(/C=C2\SC(=O)N(Cc3ccc(Cl)cc3Cl)C2=O)ccc1OCC(=O)Nc1cccc([N+](=O)[O-])c1. The van der Waals surface area contributed by atoms with Gasteiger partial charge in [-0.05, 0) is 59.3 Å². The fraction of sp³-hybridized carbons (Fsp3) is 0.115. The van der Waals surface area contributed by atoms with E-state index in [2.05, 4.69) is 5.32 Å². The Kier molecular flexibility index (Phi) is 8.75. The summed E-state index contributed by atoms with van der Waals surface area (Å²) in [6.07, 6.45) is 1.55. The van der Waals surface area contributed by atoms with Crippen LogP contribution in [0.15, 0.2) is 65.6 Å². The van der Waals surface area contributed by atoms with Gasteiger partial charge in [-0.1, -0.05) is 41.4 Å². The molecule has 0 aromatic heterocycles. The van der Waals surface area contributed by atoms with Crippen LogP contribution in [0.5, 0.6) is 11.5 Å². The Morgan fingerprint density at radius 1 is 1.10 bits per heavy atom. The van der Waals surface area contributed by atoms with Gasteiger partial charge in [-0.3, -0.25) is 29.4 Å². The minimum atomic E-state index is -0.561. The van der Waals surface area contributed by atoms with Crippen molar-refractivity contribution in [1.29, 1.82) is 0 Å². The first-order valence-electron chi connectivity index (χ1n) is 11.2. The Bertz CT molecular complexity index is 1510. The Morgan fingerprint density at radius 3 is 2.62 bits per heavy atom. The molecule has 39 heavy (non-hydrogen) atoms. The zero-order valence-electron chi connectivity index (χ0n) is 20.2. The molecule has 3 amide bonds. The van der Waals surface area contributed by atoms with E-state index in [0.717, 1.165) is 16.7 Å². The Balaban J connectivity index is 1.42. The highest BCUT2D eigenvalue weighted by Gasteiger charge is 2.35. The summed E-state index contributed by atoms with van der Waals surface area (Å²) in [5.41, 5.74) is 1.25. The smallest absolute Gasteiger partial charge is 0.293 e. The second-order valence-corrected chi connectivity index (χ2v) is 9.90. The van der Waals surface area contributed by atoms with Crippen LogP contribution in [0.3, 0.4) is 0 Å². The molecule has 0 bridgehead atoms. The number of imide groups is 1. The van der Waals surface area contributed by atoms with Gasteiger partial charge < -0.3 is 14.8 Å². The van der Waals surface area contributed by atoms with Crippen LogP contribution in [-0.2, 0) is 16.1 Å². The maximum Gasteiger partial charge on any atom is 0.293 e. The van der Waals surface area contributed by atoms with E-state index in [9.17, 15) is 24.5 Å². The molecule has 1 heterocycles. The number of thioether (sulfide) groups is 1. The quantitative estimate of drug-likeness (QED) is 0.179. The van der Waals surface area contributed by atoms with Gasteiger partial charge in [0.25, 0.3) is 22.7 Å². The van der Waals surface area contributed by atoms with Gasteiger partial charge >= 0.3 is 0 Å². The normalized spacial score (nSPS) is 14.0. The van der Waals surface area contributed by atoms with Crippen LogP contribution in [0.2, 0.25) is 10.0 Å². The number of halogens is 2. The number of carbonyl (C=O) groups excluding carboxylic acids is 3. The molecule has 0 spiro atoms. The van der Waals surface area contributed by atoms with Crippen LogP contribution < -0.4 is 14.8 Å². The number of hydrogen-bond donors (Lipinski definition) is 1. The van der Waals surface area contributed by atoms with Crippen molar-refractivity contribution < 1.29 is 28.8 Å². The molecule has 0 saturated carbocycles. The second-order valence-electron chi connectivity index (χ2n) is 8.06. The lowest BCUT2D eigenvalue weighted by Crippen LogP contribution is -2.27. The number of methoxy groups -OCH3 is 1. The molecule has 10 nitrogen and oxygen atoms in total. The third kappa shape index (κ3) is 6.88. The second kappa shape index (κ2) is 12.2. The number of anilines is 1. The number of hydrogen-bond acceptors (Lipinski definition) is 8. The van der Waals surface area contributed by atoms with Crippen molar-refractivity contribution in [3.8, 4) is 11.5 Å². The van der Waals surface area contributed by atoms with Gasteiger partial charge in [0, 0.05) is 27.9 Å². The summed E-state index contributed by atoms with van der Waals surface area (Å²) in [7, 11) is 1.42. The predicted molar refractivity (Wildman–Crippen MR) is 148 cm³/mol. The first kappa shape index (κ1) is 28.0. The van der Waals surface area contributed by atoms with Crippen molar-refractivity contribution in [3.63, 3.8) is 0 Å². The van der Waals surface area contributed by atoms with Crippen molar-refractivity contribution in [2.24, 2.45) is 0 Å². The molecule has 3 aromatic carbocycles. The fourth-order valence-electron chi connectivity index (χ4n) is 3.54. The highest BCUT2D eigenvalue weighted by molar-refractivity contribution is 8.18. The highest BCUT2D eigenvalue weighted by atomic mass is 35.5. The molecule has 1 aliphatic rings. The van der Waals surface area contributed by atoms with E-state index in [4.69, 9.17) is 32.7 Å². The Labute approximate surface area is 236 Å². The number of nitrogens with zero attached hydrogens (tertiary/aromatic N) is 2. The van der Waals surface area contributed by atoms with Gasteiger partial charge in [-0.2, -0.15) is 0 Å². The van der Waals surface area contributed by atoms with E-state index in [0.29, 0.717) is 26.9 Å². The number of nitrogens with one attached hydrogen (secondary N) is 1. The summed E-state index contributed by atoms with van der Waals surface area (Å²) in [6, 6.07) is 15.1. The van der Waals surface area contributed by atoms with E-state index in [1.54, 1.807) is 42.5 Å². The third-order valence-electron chi connectivity index (χ3n) is 5.40. The maximum absolute atomic E-state index is 12.9. The van der Waals surface area contributed by atoms with Crippen molar-refractivity contribution in [1.82, 2.24) is 4.90 Å². The topological polar surface area (TPSA) is 128 Å². The Morgan fingerprint density at radius 2 is 1.90 bits per heavy atom. The molecule has 1 fully saturated rings. The van der Waals surface area contributed by atoms with E-state index in [1.165, 1.54) is 31.4 Å². The van der Waals surface area contributed by atoms with Gasteiger partial charge in [0.15, 0.2) is 18.1 Å². The van der Waals surface area contributed by atoms with E-state index in [1.807, 2.05) is 0 Å². The summed E-state index contributed by atoms with van der Waals surface area (Å²) >= 11 is 12.9. The molecule has 0 atom stereocenters. The minimum Gasteiger partial charge on any atom is -0.493 e. The number of nitro benzene ring substituents is 1. The number of ether oxygens (including phenoxy) is 2. The zero-order chi connectivity index (χ0) is 28.1. The number of amides is 3. The number of rotatable bonds is 9. The van der Waals surface area contributed by atoms with Crippen molar-refractivity contribution in [3.05, 3.63) is 96.9 Å². The largest absolute Gasteiger partial charge is 0.493 e. The van der Waals surface area contributed by atoms with Crippen LogP contribution in [0.1, 0.15) is 11.1 Å². The molecule has 1 saturated heterocycles. The van der Waals surface area contributed by atoms with Gasteiger partial charge in [-0.25, -0.2) is 0 Å². The highest BCUT2D eigenvalue weighted by Crippen LogP contribution is 2.36. The summed E-state index contributed by atoms with van der Waals surface area (Å²) in [5, 5.41) is 13.8. The molecular formula is C26H19Cl2N3O7S. The molecule has 13 heteroatoms. The minimum absolute atomic E-state index is 0.00645. The summed E-state index contributed by atoms with van der Waals surface area (Å²) in [5.74, 6) is -0.447. The molecule has 1 aliphatic heterocycles. The number of nitro groups is 1. The van der Waals surface area contributed by atoms with Crippen molar-refractivity contribution >= 4 is 69.5 Å². The van der Waals surface area contributed by atoms with Gasteiger partial charge in [0.2, 0.25) is 0 Å². The fourth-order valence-corrected chi connectivity index (χ4v) is 4.85. The molecule has 0 radical (unpaired) electrons. The average Bonchev–Trinajstić information content (AvgIpc) is 3.16. The predicted octanol–water partition coefficient (Wildman–Crippen LogP) is 6.16. The van der Waals surface area contributed by atoms with Crippen molar-refractivity contribution in [2.75, 3.05) is 19.0 Å². The van der Waals surface area contributed by atoms with Gasteiger partial charge in [-0.15, -0.1) is 0 Å². The molecule has 200 valence electrons. The molecule has 0 unspecified atom stereocenters. The van der Waals surface area contributed by atoms with E-state index < -0.39 is 22.0 Å². The molecule has 4 rings (SSSR count). The first-order chi connectivity index (χ1) is 18.6. The number of benzene rings is 3. The summed E-state index contributed by atoms with van der Waals surface area (Å²) < 4.78 is 10.9. The number of carbonyl (C=O) groups is 3. The number of non-ortho nitro benzene ring substituents is 1. The van der Waals surface area contributed by atoms with E-state index >= 15 is 0 Å². The first-order valence-corrected chi connectivity index (χ1v) is 12.8. The lowest BCUT2D eigenvalue weighted by molar-refractivity contribution is -0.384.